The Kier molecular flexibility index (Phi) is 3.32. The van der Waals surface area contributed by atoms with Crippen molar-refractivity contribution in [3.63, 3.8) is 0 Å². The van der Waals surface area contributed by atoms with Gasteiger partial charge >= 0.3 is 0 Å². The van der Waals surface area contributed by atoms with E-state index in [-0.39, 0.29) is 11.9 Å². The summed E-state index contributed by atoms with van der Waals surface area (Å²) in [7, 11) is 0. The molecule has 0 bridgehead atoms. The maximum absolute atomic E-state index is 13.5. The summed E-state index contributed by atoms with van der Waals surface area (Å²) in [5.74, 6) is 0.641. The molecule has 0 heterocycles. The molecule has 0 amide bonds. The summed E-state index contributed by atoms with van der Waals surface area (Å²) >= 11 is 0. The smallest absolute Gasteiger partial charge is 0.167 e. The van der Waals surface area contributed by atoms with Gasteiger partial charge < -0.3 is 10.5 Å². The summed E-state index contributed by atoms with van der Waals surface area (Å²) < 4.78 is 19.2. The molecule has 2 nitrogen and oxygen atoms in total. The van der Waals surface area contributed by atoms with Crippen LogP contribution in [0.4, 0.5) is 10.1 Å². The third kappa shape index (κ3) is 2.65. The van der Waals surface area contributed by atoms with Crippen molar-refractivity contribution in [1.82, 2.24) is 0 Å². The number of ether oxygens (including phenoxy) is 1. The highest BCUT2D eigenvalue weighted by Crippen LogP contribution is 2.29. The lowest BCUT2D eigenvalue weighted by Gasteiger charge is -2.27. The number of nitrogen functional groups attached to an aromatic ring is 1. The average molecular weight is 223 g/mol. The molecule has 0 radical (unpaired) electrons. The standard InChI is InChI=1S/C13H18FNO/c1-9-3-2-4-11(7-9)16-13-6-5-10(15)8-12(13)14/h5-6,8-9,11H,2-4,7,15H2,1H3. The molecule has 2 N–H and O–H groups in total. The molecule has 2 atom stereocenters. The van der Waals surface area contributed by atoms with Crippen LogP contribution in [0.2, 0.25) is 0 Å². The lowest BCUT2D eigenvalue weighted by Crippen LogP contribution is -2.24. The van der Waals surface area contributed by atoms with Gasteiger partial charge in [-0.05, 0) is 37.3 Å². The van der Waals surface area contributed by atoms with E-state index in [0.717, 1.165) is 12.8 Å². The Labute approximate surface area is 95.6 Å². The normalized spacial score (nSPS) is 25.4. The number of halogens is 1. The highest BCUT2D eigenvalue weighted by atomic mass is 19.1. The molecule has 1 saturated carbocycles. The van der Waals surface area contributed by atoms with E-state index in [1.165, 1.54) is 18.9 Å². The molecule has 88 valence electrons. The van der Waals surface area contributed by atoms with Gasteiger partial charge in [0.05, 0.1) is 6.10 Å². The number of hydrogen-bond acceptors (Lipinski definition) is 2. The molecule has 16 heavy (non-hydrogen) atoms. The maximum atomic E-state index is 13.5. The van der Waals surface area contributed by atoms with E-state index in [9.17, 15) is 4.39 Å². The molecule has 2 rings (SSSR count). The first-order valence-corrected chi connectivity index (χ1v) is 5.87. The zero-order valence-electron chi connectivity index (χ0n) is 9.58. The first kappa shape index (κ1) is 11.2. The van der Waals surface area contributed by atoms with Gasteiger partial charge in [0, 0.05) is 11.8 Å². The predicted molar refractivity (Wildman–Crippen MR) is 62.9 cm³/mol. The van der Waals surface area contributed by atoms with Crippen LogP contribution in [-0.4, -0.2) is 6.10 Å². The second-order valence-electron chi connectivity index (χ2n) is 4.70. The van der Waals surface area contributed by atoms with Gasteiger partial charge in [-0.1, -0.05) is 13.3 Å². The van der Waals surface area contributed by atoms with E-state index in [4.69, 9.17) is 10.5 Å². The third-order valence-electron chi connectivity index (χ3n) is 3.14. The zero-order chi connectivity index (χ0) is 11.5. The quantitative estimate of drug-likeness (QED) is 0.780. The van der Waals surface area contributed by atoms with Crippen LogP contribution in [0.25, 0.3) is 0 Å². The van der Waals surface area contributed by atoms with E-state index in [0.29, 0.717) is 17.4 Å². The van der Waals surface area contributed by atoms with E-state index in [1.54, 1.807) is 12.1 Å². The van der Waals surface area contributed by atoms with E-state index in [2.05, 4.69) is 6.92 Å². The summed E-state index contributed by atoms with van der Waals surface area (Å²) in [5, 5.41) is 0. The maximum Gasteiger partial charge on any atom is 0.167 e. The average Bonchev–Trinajstić information content (AvgIpc) is 2.22. The Balaban J connectivity index is 2.02. The van der Waals surface area contributed by atoms with Crippen LogP contribution in [0.15, 0.2) is 18.2 Å². The third-order valence-corrected chi connectivity index (χ3v) is 3.14. The van der Waals surface area contributed by atoms with E-state index < -0.39 is 0 Å². The first-order valence-electron chi connectivity index (χ1n) is 5.87. The van der Waals surface area contributed by atoms with Gasteiger partial charge in [0.1, 0.15) is 0 Å². The molecular formula is C13H18FNO. The highest BCUT2D eigenvalue weighted by Gasteiger charge is 2.21. The lowest BCUT2D eigenvalue weighted by molar-refractivity contribution is 0.124. The molecule has 0 saturated heterocycles. The number of nitrogens with two attached hydrogens (primary N) is 1. The van der Waals surface area contributed by atoms with Crippen molar-refractivity contribution in [1.29, 1.82) is 0 Å². The molecule has 0 aliphatic heterocycles. The molecule has 0 spiro atoms. The fourth-order valence-electron chi connectivity index (χ4n) is 2.28. The molecule has 1 fully saturated rings. The van der Waals surface area contributed by atoms with E-state index >= 15 is 0 Å². The Morgan fingerprint density at radius 1 is 1.38 bits per heavy atom. The largest absolute Gasteiger partial charge is 0.487 e. The van der Waals surface area contributed by atoms with Gasteiger partial charge in [-0.15, -0.1) is 0 Å². The number of rotatable bonds is 2. The highest BCUT2D eigenvalue weighted by molar-refractivity contribution is 5.42. The fraction of sp³-hybridized carbons (Fsp3) is 0.538. The van der Waals surface area contributed by atoms with Crippen LogP contribution in [0.1, 0.15) is 32.6 Å². The van der Waals surface area contributed by atoms with Crippen molar-refractivity contribution in [2.75, 3.05) is 5.73 Å². The van der Waals surface area contributed by atoms with Crippen molar-refractivity contribution < 1.29 is 9.13 Å². The van der Waals surface area contributed by atoms with E-state index in [1.807, 2.05) is 0 Å². The summed E-state index contributed by atoms with van der Waals surface area (Å²) in [5.41, 5.74) is 5.92. The van der Waals surface area contributed by atoms with Crippen molar-refractivity contribution in [3.8, 4) is 5.75 Å². The molecule has 0 aromatic heterocycles. The minimum Gasteiger partial charge on any atom is -0.487 e. The van der Waals surface area contributed by atoms with Crippen molar-refractivity contribution in [2.24, 2.45) is 5.92 Å². The summed E-state index contributed by atoms with van der Waals surface area (Å²) in [4.78, 5) is 0. The van der Waals surface area contributed by atoms with Gasteiger partial charge in [0.2, 0.25) is 0 Å². The number of anilines is 1. The zero-order valence-corrected chi connectivity index (χ0v) is 9.58. The van der Waals surface area contributed by atoms with Crippen molar-refractivity contribution >= 4 is 5.69 Å². The SMILES string of the molecule is CC1CCCC(Oc2ccc(N)cc2F)C1. The van der Waals surface area contributed by atoms with Gasteiger partial charge in [0.15, 0.2) is 11.6 Å². The van der Waals surface area contributed by atoms with Crippen LogP contribution >= 0.6 is 0 Å². The molecule has 3 heteroatoms. The summed E-state index contributed by atoms with van der Waals surface area (Å²) in [6.45, 7) is 2.22. The fourth-order valence-corrected chi connectivity index (χ4v) is 2.28. The second-order valence-corrected chi connectivity index (χ2v) is 4.70. The topological polar surface area (TPSA) is 35.2 Å². The van der Waals surface area contributed by atoms with Crippen LogP contribution < -0.4 is 10.5 Å². The molecule has 1 aliphatic carbocycles. The molecule has 1 aromatic carbocycles. The molecule has 2 unspecified atom stereocenters. The molecule has 1 aromatic rings. The minimum atomic E-state index is -0.363. The predicted octanol–water partition coefficient (Wildman–Crippen LogP) is 3.37. The Hall–Kier alpha value is -1.25. The van der Waals surface area contributed by atoms with Gasteiger partial charge in [-0.25, -0.2) is 4.39 Å². The lowest BCUT2D eigenvalue weighted by atomic mass is 9.89. The summed E-state index contributed by atoms with van der Waals surface area (Å²) in [6, 6.07) is 4.59. The number of hydrogen-bond donors (Lipinski definition) is 1. The Bertz CT molecular complexity index is 367. The Morgan fingerprint density at radius 3 is 2.88 bits per heavy atom. The van der Waals surface area contributed by atoms with Crippen LogP contribution in [-0.2, 0) is 0 Å². The van der Waals surface area contributed by atoms with Crippen molar-refractivity contribution in [2.45, 2.75) is 38.7 Å². The molecule has 1 aliphatic rings. The second kappa shape index (κ2) is 4.73. The van der Waals surface area contributed by atoms with Gasteiger partial charge in [-0.2, -0.15) is 0 Å². The van der Waals surface area contributed by atoms with Crippen LogP contribution in [0.3, 0.4) is 0 Å². The monoisotopic (exact) mass is 223 g/mol. The van der Waals surface area contributed by atoms with Gasteiger partial charge in [0.25, 0.3) is 0 Å². The van der Waals surface area contributed by atoms with Gasteiger partial charge in [-0.3, -0.25) is 0 Å². The summed E-state index contributed by atoms with van der Waals surface area (Å²) in [6.07, 6.45) is 4.62. The van der Waals surface area contributed by atoms with Crippen LogP contribution in [0.5, 0.6) is 5.75 Å². The Morgan fingerprint density at radius 2 is 2.19 bits per heavy atom. The van der Waals surface area contributed by atoms with Crippen LogP contribution in [0, 0.1) is 11.7 Å². The van der Waals surface area contributed by atoms with Crippen molar-refractivity contribution in [3.05, 3.63) is 24.0 Å². The minimum absolute atomic E-state index is 0.155. The first-order chi connectivity index (χ1) is 7.65. The number of benzene rings is 1. The molecular weight excluding hydrogens is 205 g/mol.